The van der Waals surface area contributed by atoms with Crippen LogP contribution in [0.2, 0.25) is 0 Å². The Kier molecular flexibility index (Phi) is 14.8. The van der Waals surface area contributed by atoms with Gasteiger partial charge in [0.15, 0.2) is 6.35 Å². The summed E-state index contributed by atoms with van der Waals surface area (Å²) in [4.78, 5) is 13.3. The van der Waals surface area contributed by atoms with Gasteiger partial charge in [0.05, 0.1) is 30.8 Å². The molecule has 0 unspecified atom stereocenters. The van der Waals surface area contributed by atoms with E-state index in [1.165, 1.54) is 28.6 Å². The quantitative estimate of drug-likeness (QED) is 0.0659. The first-order valence-corrected chi connectivity index (χ1v) is 22.7. The number of nitrogens with two attached hydrogens (primary N) is 1. The molecular formula is C43H54N3O9PS. The molecule has 14 heteroatoms. The molecule has 6 rings (SSSR count). The van der Waals surface area contributed by atoms with Crippen molar-refractivity contribution in [2.45, 2.75) is 82.3 Å². The predicted molar refractivity (Wildman–Crippen MR) is 219 cm³/mol. The number of carbonyl (C=O) groups excluding carboxylic acids is 1. The second kappa shape index (κ2) is 20.0. The lowest BCUT2D eigenvalue weighted by molar-refractivity contribution is 0.0617. The molecule has 0 spiro atoms. The van der Waals surface area contributed by atoms with E-state index in [1.54, 1.807) is 12.1 Å². The third kappa shape index (κ3) is 12.4. The molecule has 3 N–H and O–H groups in total. The molecule has 1 saturated heterocycles. The number of nitrogens with one attached hydrogen (secondary N) is 1. The van der Waals surface area contributed by atoms with Gasteiger partial charge < -0.3 is 34.3 Å². The number of nitrogen functional groups attached to an aromatic ring is 1. The van der Waals surface area contributed by atoms with Crippen molar-refractivity contribution in [3.63, 3.8) is 0 Å². The molecule has 4 aromatic carbocycles. The molecule has 1 amide bonds. The second-order valence-corrected chi connectivity index (χ2v) is 19.1. The topological polar surface area (TPSA) is 156 Å². The Morgan fingerprint density at radius 3 is 2.12 bits per heavy atom. The molecule has 0 radical (unpaired) electrons. The Morgan fingerprint density at radius 2 is 1.51 bits per heavy atom. The van der Waals surface area contributed by atoms with Gasteiger partial charge in [-0.05, 0) is 84.7 Å². The number of rotatable bonds is 20. The number of alkyl carbamates (subject to hydrolysis) is 1. The van der Waals surface area contributed by atoms with Crippen molar-refractivity contribution < 1.29 is 41.0 Å². The maximum atomic E-state index is 14.2. The van der Waals surface area contributed by atoms with Crippen LogP contribution in [-0.4, -0.2) is 63.1 Å². The zero-order chi connectivity index (χ0) is 40.3. The maximum Gasteiger partial charge on any atom is 0.407 e. The Labute approximate surface area is 336 Å². The van der Waals surface area contributed by atoms with E-state index in [0.717, 1.165) is 36.0 Å². The molecule has 0 aromatic heterocycles. The number of amides is 1. The average molecular weight is 820 g/mol. The van der Waals surface area contributed by atoms with Crippen LogP contribution in [0.3, 0.4) is 0 Å². The third-order valence-electron chi connectivity index (χ3n) is 10.2. The fourth-order valence-corrected chi connectivity index (χ4v) is 10.0. The highest BCUT2D eigenvalue weighted by Gasteiger charge is 2.42. The molecule has 1 heterocycles. The zero-order valence-corrected chi connectivity index (χ0v) is 34.3. The normalized spacial score (nSPS) is 18.7. The summed E-state index contributed by atoms with van der Waals surface area (Å²) in [7, 11) is -7.73. The molecule has 1 aliphatic heterocycles. The van der Waals surface area contributed by atoms with Crippen molar-refractivity contribution >= 4 is 29.4 Å². The van der Waals surface area contributed by atoms with Gasteiger partial charge in [-0.3, -0.25) is 4.57 Å². The van der Waals surface area contributed by atoms with E-state index in [-0.39, 0.29) is 61.6 Å². The fourth-order valence-electron chi connectivity index (χ4n) is 7.19. The number of fused-ring (bicyclic) bond motifs is 1. The summed E-state index contributed by atoms with van der Waals surface area (Å²) < 4.78 is 73.0. The van der Waals surface area contributed by atoms with E-state index in [4.69, 9.17) is 29.0 Å². The van der Waals surface area contributed by atoms with Gasteiger partial charge in [-0.2, -0.15) is 4.31 Å². The molecule has 2 aliphatic rings. The highest BCUT2D eigenvalue weighted by Crippen LogP contribution is 2.50. The smallest absolute Gasteiger partial charge is 0.407 e. The predicted octanol–water partition coefficient (Wildman–Crippen LogP) is 8.17. The van der Waals surface area contributed by atoms with Gasteiger partial charge in [-0.15, -0.1) is 0 Å². The van der Waals surface area contributed by atoms with Gasteiger partial charge in [0, 0.05) is 30.7 Å². The van der Waals surface area contributed by atoms with Crippen molar-refractivity contribution in [3.8, 4) is 5.75 Å². The number of nitrogens with zero attached hydrogens (tertiary/aromatic N) is 1. The van der Waals surface area contributed by atoms with Gasteiger partial charge in [0.1, 0.15) is 11.9 Å². The first kappa shape index (κ1) is 42.4. The van der Waals surface area contributed by atoms with Crippen LogP contribution in [0.25, 0.3) is 0 Å². The molecule has 1 saturated carbocycles. The number of ether oxygens (including phenoxy) is 3. The second-order valence-electron chi connectivity index (χ2n) is 15.1. The maximum absolute atomic E-state index is 14.2. The minimum absolute atomic E-state index is 0.0264. The Bertz CT molecular complexity index is 1970. The monoisotopic (exact) mass is 819 g/mol. The first-order valence-electron chi connectivity index (χ1n) is 19.6. The molecular weight excluding hydrogens is 766 g/mol. The Hall–Kier alpha value is -4.23. The molecule has 4 atom stereocenters. The van der Waals surface area contributed by atoms with E-state index in [9.17, 15) is 17.8 Å². The van der Waals surface area contributed by atoms with Crippen LogP contribution in [0, 0.1) is 11.8 Å². The highest BCUT2D eigenvalue weighted by molar-refractivity contribution is 7.89. The van der Waals surface area contributed by atoms with Gasteiger partial charge in [0.2, 0.25) is 10.0 Å². The van der Waals surface area contributed by atoms with Crippen LogP contribution in [0.1, 0.15) is 56.2 Å². The minimum Gasteiger partial charge on any atom is -0.481 e. The van der Waals surface area contributed by atoms with E-state index in [1.807, 2.05) is 86.6 Å². The summed E-state index contributed by atoms with van der Waals surface area (Å²) in [6.07, 6.45) is 2.74. The van der Waals surface area contributed by atoms with Crippen molar-refractivity contribution in [1.29, 1.82) is 0 Å². The lowest BCUT2D eigenvalue weighted by Gasteiger charge is -2.27. The van der Waals surface area contributed by atoms with E-state index < -0.39 is 29.8 Å². The molecule has 12 nitrogen and oxygen atoms in total. The lowest BCUT2D eigenvalue weighted by Crippen LogP contribution is -2.43. The molecule has 306 valence electrons. The molecule has 1 aliphatic carbocycles. The number of carbonyl (C=O) groups is 1. The van der Waals surface area contributed by atoms with Crippen molar-refractivity contribution in [2.75, 3.05) is 31.8 Å². The zero-order valence-electron chi connectivity index (χ0n) is 32.6. The molecule has 57 heavy (non-hydrogen) atoms. The summed E-state index contributed by atoms with van der Waals surface area (Å²) in [6, 6.07) is 31.7. The van der Waals surface area contributed by atoms with Crippen LogP contribution in [-0.2, 0) is 52.7 Å². The van der Waals surface area contributed by atoms with E-state index in [2.05, 4.69) is 5.32 Å². The first-order chi connectivity index (χ1) is 27.5. The van der Waals surface area contributed by atoms with Gasteiger partial charge in [-0.25, -0.2) is 13.2 Å². The highest BCUT2D eigenvalue weighted by atomic mass is 32.2. The molecule has 4 aromatic rings. The van der Waals surface area contributed by atoms with Crippen LogP contribution < -0.4 is 15.8 Å². The Morgan fingerprint density at radius 1 is 0.877 bits per heavy atom. The van der Waals surface area contributed by atoms with Gasteiger partial charge >= 0.3 is 13.7 Å². The SMILES string of the molecule is CC(C)CN(CC[C@H](Cc1ccc(N)cc1)NC(=O)O[C@H]1CO[C@H]2CCC[C@H]21)S(=O)(=O)c1ccc(OCP(=O)(OCc2ccccc2)OCc2ccccc2)cc1. The number of sulfonamides is 1. The van der Waals surface area contributed by atoms with E-state index >= 15 is 0 Å². The van der Waals surface area contributed by atoms with Gasteiger partial charge in [0.25, 0.3) is 0 Å². The lowest BCUT2D eigenvalue weighted by atomic mass is 10.0. The van der Waals surface area contributed by atoms with Crippen molar-refractivity contribution in [2.24, 2.45) is 11.8 Å². The summed E-state index contributed by atoms with van der Waals surface area (Å²) >= 11 is 0. The number of benzene rings is 4. The van der Waals surface area contributed by atoms with Gasteiger partial charge in [-0.1, -0.05) is 93.1 Å². The molecule has 2 fully saturated rings. The summed E-state index contributed by atoms with van der Waals surface area (Å²) in [5.74, 6) is 0.540. The largest absolute Gasteiger partial charge is 0.481 e. The summed E-state index contributed by atoms with van der Waals surface area (Å²) in [6.45, 7) is 4.84. The number of anilines is 1. The summed E-state index contributed by atoms with van der Waals surface area (Å²) in [5.41, 5.74) is 9.16. The van der Waals surface area contributed by atoms with E-state index in [0.29, 0.717) is 30.9 Å². The fraction of sp³-hybridized carbons (Fsp3) is 0.419. The van der Waals surface area contributed by atoms with Crippen LogP contribution in [0.4, 0.5) is 10.5 Å². The number of hydrogen-bond donors (Lipinski definition) is 2. The summed E-state index contributed by atoms with van der Waals surface area (Å²) in [5, 5.41) is 3.03. The Balaban J connectivity index is 1.11. The average Bonchev–Trinajstić information content (AvgIpc) is 3.84. The molecule has 0 bridgehead atoms. The van der Waals surface area contributed by atoms with Crippen LogP contribution in [0.5, 0.6) is 5.75 Å². The number of hydrogen-bond acceptors (Lipinski definition) is 10. The van der Waals surface area contributed by atoms with Crippen LogP contribution >= 0.6 is 7.60 Å². The standard InChI is InChI=1S/C43H54N3O9PS/c1-32(2)27-46(25-24-37(26-33-16-18-36(44)19-17-33)45-43(47)55-42-30-51-41-15-9-14-40(41)42)57(49,50)39-22-20-38(21-23-39)52-31-56(48,53-28-34-10-5-3-6-11-34)54-29-35-12-7-4-8-13-35/h3-8,10-13,16-23,32,37,40-42H,9,14-15,24-31,44H2,1-2H3,(H,45,47)/t37-,40-,41+,42+/m1/s1. The third-order valence-corrected chi connectivity index (χ3v) is 13.6. The minimum atomic E-state index is -3.97. The van der Waals surface area contributed by atoms with Crippen molar-refractivity contribution in [3.05, 3.63) is 126 Å². The van der Waals surface area contributed by atoms with Crippen molar-refractivity contribution in [1.82, 2.24) is 9.62 Å². The van der Waals surface area contributed by atoms with Crippen LogP contribution in [0.15, 0.2) is 114 Å².